The smallest absolute Gasteiger partial charge is 0.236 e. The number of benzene rings is 1. The van der Waals surface area contributed by atoms with Crippen LogP contribution in [0.3, 0.4) is 0 Å². The zero-order valence-corrected chi connectivity index (χ0v) is 12.8. The molecule has 1 aliphatic heterocycles. The second-order valence-electron chi connectivity index (χ2n) is 5.23. The Morgan fingerprint density at radius 2 is 2.05 bits per heavy atom. The van der Waals surface area contributed by atoms with Crippen LogP contribution in [0.4, 0.5) is 0 Å². The lowest BCUT2D eigenvalue weighted by molar-refractivity contribution is -0.124. The first-order valence-electron chi connectivity index (χ1n) is 7.02. The minimum Gasteiger partial charge on any atom is -0.493 e. The number of rotatable bonds is 5. The molecule has 6 heteroatoms. The summed E-state index contributed by atoms with van der Waals surface area (Å²) < 4.78 is 10.6. The average Bonchev–Trinajstić information content (AvgIpc) is 2.49. The summed E-state index contributed by atoms with van der Waals surface area (Å²) in [6, 6.07) is 3.65. The summed E-state index contributed by atoms with van der Waals surface area (Å²) in [5, 5.41) is 3.20. The Labute approximate surface area is 125 Å². The van der Waals surface area contributed by atoms with E-state index < -0.39 is 0 Å². The Hall–Kier alpha value is -1.79. The van der Waals surface area contributed by atoms with Gasteiger partial charge in [0.1, 0.15) is 6.04 Å². The largest absolute Gasteiger partial charge is 0.493 e. The number of nitrogens with zero attached hydrogens (tertiary/aromatic N) is 1. The van der Waals surface area contributed by atoms with Crippen molar-refractivity contribution in [2.24, 2.45) is 5.73 Å². The number of ether oxygens (including phenoxy) is 2. The number of carbonyl (C=O) groups excluding carboxylic acids is 1. The third-order valence-corrected chi connectivity index (χ3v) is 3.90. The molecular formula is C15H23N3O3. The van der Waals surface area contributed by atoms with Crippen LogP contribution in [0.2, 0.25) is 0 Å². The standard InChI is InChI=1S/C15H23N3O3/c1-10-6-13(20-2)14(21-3)7-11(10)9-18-5-4-17-8-12(18)15(16)19/h6-7,12,17H,4-5,8-9H2,1-3H3,(H2,16,19). The Balaban J connectivity index is 2.23. The van der Waals surface area contributed by atoms with E-state index in [4.69, 9.17) is 15.2 Å². The zero-order valence-electron chi connectivity index (χ0n) is 12.8. The van der Waals surface area contributed by atoms with E-state index in [9.17, 15) is 4.79 Å². The summed E-state index contributed by atoms with van der Waals surface area (Å²) in [7, 11) is 3.24. The van der Waals surface area contributed by atoms with Gasteiger partial charge in [-0.15, -0.1) is 0 Å². The first-order chi connectivity index (χ1) is 10.1. The molecule has 0 aliphatic carbocycles. The number of primary amides is 1. The fourth-order valence-electron chi connectivity index (χ4n) is 2.63. The normalized spacial score (nSPS) is 19.3. The lowest BCUT2D eigenvalue weighted by atomic mass is 10.0. The third-order valence-electron chi connectivity index (χ3n) is 3.90. The Kier molecular flexibility index (Phi) is 5.03. The second-order valence-corrected chi connectivity index (χ2v) is 5.23. The van der Waals surface area contributed by atoms with Crippen molar-refractivity contribution in [1.29, 1.82) is 0 Å². The van der Waals surface area contributed by atoms with Crippen molar-refractivity contribution < 1.29 is 14.3 Å². The number of carbonyl (C=O) groups is 1. The zero-order chi connectivity index (χ0) is 15.4. The molecule has 1 amide bonds. The number of piperazine rings is 1. The van der Waals surface area contributed by atoms with Gasteiger partial charge in [-0.05, 0) is 30.2 Å². The molecule has 0 spiro atoms. The van der Waals surface area contributed by atoms with Gasteiger partial charge in [-0.3, -0.25) is 9.69 Å². The van der Waals surface area contributed by atoms with Crippen LogP contribution in [0.25, 0.3) is 0 Å². The molecule has 0 radical (unpaired) electrons. The summed E-state index contributed by atoms with van der Waals surface area (Å²) in [5.41, 5.74) is 7.70. The molecule has 1 saturated heterocycles. The third kappa shape index (κ3) is 3.46. The molecule has 1 aromatic rings. The van der Waals surface area contributed by atoms with Gasteiger partial charge in [0.2, 0.25) is 5.91 Å². The molecular weight excluding hydrogens is 270 g/mol. The number of amides is 1. The van der Waals surface area contributed by atoms with Gasteiger partial charge in [0, 0.05) is 26.2 Å². The molecule has 21 heavy (non-hydrogen) atoms. The van der Waals surface area contributed by atoms with E-state index in [1.165, 1.54) is 0 Å². The summed E-state index contributed by atoms with van der Waals surface area (Å²) in [6.07, 6.45) is 0. The molecule has 1 aromatic carbocycles. The van der Waals surface area contributed by atoms with Gasteiger partial charge in [0.05, 0.1) is 14.2 Å². The predicted molar refractivity (Wildman–Crippen MR) is 80.5 cm³/mol. The molecule has 116 valence electrons. The highest BCUT2D eigenvalue weighted by atomic mass is 16.5. The van der Waals surface area contributed by atoms with E-state index in [0.717, 1.165) is 24.2 Å². The molecule has 1 fully saturated rings. The molecule has 0 aromatic heterocycles. The monoisotopic (exact) mass is 293 g/mol. The van der Waals surface area contributed by atoms with Crippen LogP contribution in [0.5, 0.6) is 11.5 Å². The van der Waals surface area contributed by atoms with Crippen LogP contribution in [0, 0.1) is 6.92 Å². The lowest BCUT2D eigenvalue weighted by Crippen LogP contribution is -2.56. The highest BCUT2D eigenvalue weighted by molar-refractivity contribution is 5.80. The average molecular weight is 293 g/mol. The highest BCUT2D eigenvalue weighted by Gasteiger charge is 2.27. The minimum atomic E-state index is -0.291. The van der Waals surface area contributed by atoms with Crippen molar-refractivity contribution in [3.05, 3.63) is 23.3 Å². The molecule has 1 aliphatic rings. The molecule has 1 heterocycles. The first-order valence-corrected chi connectivity index (χ1v) is 7.02. The Morgan fingerprint density at radius 3 is 2.67 bits per heavy atom. The fourth-order valence-corrected chi connectivity index (χ4v) is 2.63. The van der Waals surface area contributed by atoms with Crippen LogP contribution in [-0.4, -0.2) is 50.7 Å². The summed E-state index contributed by atoms with van der Waals surface area (Å²) in [6.45, 7) is 4.94. The maximum absolute atomic E-state index is 11.6. The van der Waals surface area contributed by atoms with Crippen LogP contribution in [-0.2, 0) is 11.3 Å². The topological polar surface area (TPSA) is 76.8 Å². The molecule has 6 nitrogen and oxygen atoms in total. The predicted octanol–water partition coefficient (Wildman–Crippen LogP) is 0.271. The maximum Gasteiger partial charge on any atom is 0.236 e. The summed E-state index contributed by atoms with van der Waals surface area (Å²) >= 11 is 0. The van der Waals surface area contributed by atoms with E-state index in [1.54, 1.807) is 14.2 Å². The number of hydrogen-bond acceptors (Lipinski definition) is 5. The summed E-state index contributed by atoms with van der Waals surface area (Å²) in [4.78, 5) is 13.7. The van der Waals surface area contributed by atoms with Crippen LogP contribution in [0.15, 0.2) is 12.1 Å². The van der Waals surface area contributed by atoms with Gasteiger partial charge in [-0.2, -0.15) is 0 Å². The van der Waals surface area contributed by atoms with Crippen molar-refractivity contribution in [2.45, 2.75) is 19.5 Å². The number of nitrogens with two attached hydrogens (primary N) is 1. The van der Waals surface area contributed by atoms with Crippen LogP contribution < -0.4 is 20.5 Å². The first kappa shape index (κ1) is 15.6. The molecule has 1 unspecified atom stereocenters. The number of hydrogen-bond donors (Lipinski definition) is 2. The van der Waals surface area contributed by atoms with E-state index in [0.29, 0.717) is 24.6 Å². The molecule has 1 atom stereocenters. The molecule has 3 N–H and O–H groups in total. The molecule has 2 rings (SSSR count). The fraction of sp³-hybridized carbons (Fsp3) is 0.533. The number of methoxy groups -OCH3 is 2. The van der Waals surface area contributed by atoms with Gasteiger partial charge < -0.3 is 20.5 Å². The van der Waals surface area contributed by atoms with E-state index in [1.807, 2.05) is 19.1 Å². The SMILES string of the molecule is COc1cc(C)c(CN2CCNCC2C(N)=O)cc1OC. The van der Waals surface area contributed by atoms with Crippen molar-refractivity contribution >= 4 is 5.91 Å². The lowest BCUT2D eigenvalue weighted by Gasteiger charge is -2.34. The second kappa shape index (κ2) is 6.78. The molecule has 0 bridgehead atoms. The van der Waals surface area contributed by atoms with Crippen molar-refractivity contribution in [3.63, 3.8) is 0 Å². The van der Waals surface area contributed by atoms with Crippen molar-refractivity contribution in [1.82, 2.24) is 10.2 Å². The highest BCUT2D eigenvalue weighted by Crippen LogP contribution is 2.31. The van der Waals surface area contributed by atoms with Gasteiger partial charge in [0.15, 0.2) is 11.5 Å². The van der Waals surface area contributed by atoms with E-state index in [-0.39, 0.29) is 11.9 Å². The van der Waals surface area contributed by atoms with Crippen molar-refractivity contribution in [3.8, 4) is 11.5 Å². The van der Waals surface area contributed by atoms with E-state index in [2.05, 4.69) is 10.2 Å². The van der Waals surface area contributed by atoms with E-state index >= 15 is 0 Å². The van der Waals surface area contributed by atoms with Gasteiger partial charge in [0.25, 0.3) is 0 Å². The summed E-state index contributed by atoms with van der Waals surface area (Å²) in [5.74, 6) is 1.12. The maximum atomic E-state index is 11.6. The Bertz CT molecular complexity index is 519. The van der Waals surface area contributed by atoms with Gasteiger partial charge in [-0.25, -0.2) is 0 Å². The molecule has 0 saturated carbocycles. The number of aryl methyl sites for hydroxylation is 1. The van der Waals surface area contributed by atoms with Crippen LogP contribution in [0.1, 0.15) is 11.1 Å². The number of nitrogens with one attached hydrogen (secondary N) is 1. The Morgan fingerprint density at radius 1 is 1.38 bits per heavy atom. The quantitative estimate of drug-likeness (QED) is 0.815. The minimum absolute atomic E-state index is 0.272. The van der Waals surface area contributed by atoms with Crippen molar-refractivity contribution in [2.75, 3.05) is 33.9 Å². The van der Waals surface area contributed by atoms with Gasteiger partial charge in [-0.1, -0.05) is 0 Å². The van der Waals surface area contributed by atoms with Gasteiger partial charge >= 0.3 is 0 Å². The van der Waals surface area contributed by atoms with Crippen LogP contribution >= 0.6 is 0 Å².